The van der Waals surface area contributed by atoms with Crippen LogP contribution in [0.3, 0.4) is 0 Å². The van der Waals surface area contributed by atoms with Crippen molar-refractivity contribution in [3.8, 4) is 11.4 Å². The zero-order valence-electron chi connectivity index (χ0n) is 10.6. The Hall–Kier alpha value is -2.23. The minimum absolute atomic E-state index is 0.0805. The van der Waals surface area contributed by atoms with Crippen LogP contribution < -0.4 is 0 Å². The van der Waals surface area contributed by atoms with Gasteiger partial charge in [-0.25, -0.2) is 4.79 Å². The highest BCUT2D eigenvalue weighted by atomic mass is 16.4. The fraction of sp³-hybridized carbons (Fsp3) is 0.214. The number of hydrogen-bond donors (Lipinski definition) is 2. The molecule has 4 nitrogen and oxygen atoms in total. The zero-order valence-corrected chi connectivity index (χ0v) is 10.6. The van der Waals surface area contributed by atoms with E-state index in [0.29, 0.717) is 0 Å². The van der Waals surface area contributed by atoms with E-state index in [9.17, 15) is 9.90 Å². The number of carbonyl (C=O) groups is 1. The van der Waals surface area contributed by atoms with E-state index in [2.05, 4.69) is 0 Å². The monoisotopic (exact) mass is 245 g/mol. The molecule has 2 aromatic rings. The van der Waals surface area contributed by atoms with Gasteiger partial charge in [0.05, 0.1) is 0 Å². The molecular formula is C14H15NO3. The second-order valence-electron chi connectivity index (χ2n) is 4.41. The number of aryl methyl sites for hydroxylation is 3. The Labute approximate surface area is 105 Å². The third-order valence-electron chi connectivity index (χ3n) is 3.06. The average molecular weight is 245 g/mol. The van der Waals surface area contributed by atoms with Crippen LogP contribution in [0.25, 0.3) is 5.69 Å². The number of aromatic carboxylic acids is 1. The molecule has 0 aliphatic rings. The summed E-state index contributed by atoms with van der Waals surface area (Å²) >= 11 is 0. The van der Waals surface area contributed by atoms with Crippen LogP contribution in [0.4, 0.5) is 0 Å². The maximum atomic E-state index is 11.1. The first-order valence-corrected chi connectivity index (χ1v) is 5.64. The van der Waals surface area contributed by atoms with Crippen molar-refractivity contribution in [3.05, 3.63) is 46.8 Å². The molecule has 0 aliphatic carbocycles. The average Bonchev–Trinajstić information content (AvgIpc) is 2.59. The fourth-order valence-electron chi connectivity index (χ4n) is 2.14. The number of carboxylic acids is 1. The van der Waals surface area contributed by atoms with E-state index in [4.69, 9.17) is 5.11 Å². The molecule has 0 radical (unpaired) electrons. The highest BCUT2D eigenvalue weighted by Crippen LogP contribution is 2.27. The van der Waals surface area contributed by atoms with Crippen molar-refractivity contribution in [1.29, 1.82) is 0 Å². The minimum Gasteiger partial charge on any atom is -0.507 e. The van der Waals surface area contributed by atoms with Crippen molar-refractivity contribution in [2.24, 2.45) is 0 Å². The van der Waals surface area contributed by atoms with Crippen LogP contribution >= 0.6 is 0 Å². The molecule has 2 N–H and O–H groups in total. The first-order chi connectivity index (χ1) is 8.41. The lowest BCUT2D eigenvalue weighted by Crippen LogP contribution is -2.05. The van der Waals surface area contributed by atoms with Crippen molar-refractivity contribution in [2.45, 2.75) is 20.8 Å². The number of aromatic hydroxyl groups is 1. The van der Waals surface area contributed by atoms with Crippen LogP contribution in [-0.2, 0) is 0 Å². The summed E-state index contributed by atoms with van der Waals surface area (Å²) in [6.07, 6.45) is 0. The molecule has 1 aromatic heterocycles. The summed E-state index contributed by atoms with van der Waals surface area (Å²) in [5.41, 5.74) is 3.59. The Balaban J connectivity index is 2.72. The molecule has 0 amide bonds. The molecule has 0 aliphatic heterocycles. The summed E-state index contributed by atoms with van der Waals surface area (Å²) in [5, 5.41) is 18.7. The number of hydrogen-bond acceptors (Lipinski definition) is 2. The number of rotatable bonds is 2. The van der Waals surface area contributed by atoms with E-state index in [1.54, 1.807) is 0 Å². The molecule has 0 saturated heterocycles. The van der Waals surface area contributed by atoms with Crippen molar-refractivity contribution in [2.75, 3.05) is 0 Å². The van der Waals surface area contributed by atoms with Crippen LogP contribution in [-0.4, -0.2) is 20.7 Å². The highest BCUT2D eigenvalue weighted by molar-refractivity contribution is 5.91. The van der Waals surface area contributed by atoms with Crippen molar-refractivity contribution < 1.29 is 15.0 Å². The predicted octanol–water partition coefficient (Wildman–Crippen LogP) is 2.81. The minimum atomic E-state index is -1.13. The summed E-state index contributed by atoms with van der Waals surface area (Å²) in [6.45, 7) is 5.76. The first kappa shape index (κ1) is 12.2. The van der Waals surface area contributed by atoms with E-state index in [0.717, 1.165) is 22.6 Å². The molecule has 94 valence electrons. The number of phenols is 1. The van der Waals surface area contributed by atoms with E-state index in [-0.39, 0.29) is 11.3 Å². The Morgan fingerprint density at radius 3 is 2.17 bits per heavy atom. The van der Waals surface area contributed by atoms with Crippen molar-refractivity contribution in [3.63, 3.8) is 0 Å². The molecule has 18 heavy (non-hydrogen) atoms. The molecule has 0 bridgehead atoms. The molecule has 1 aromatic carbocycles. The number of carboxylic acid groups (broad SMARTS) is 1. The maximum Gasteiger partial charge on any atom is 0.339 e. The Morgan fingerprint density at radius 1 is 1.11 bits per heavy atom. The maximum absolute atomic E-state index is 11.1. The molecular weight excluding hydrogens is 230 g/mol. The molecule has 0 saturated carbocycles. The van der Waals surface area contributed by atoms with E-state index in [1.165, 1.54) is 12.1 Å². The van der Waals surface area contributed by atoms with Crippen LogP contribution in [0, 0.1) is 20.8 Å². The Bertz CT molecular complexity index is 607. The second kappa shape index (κ2) is 4.22. The fourth-order valence-corrected chi connectivity index (χ4v) is 2.14. The predicted molar refractivity (Wildman–Crippen MR) is 68.6 cm³/mol. The SMILES string of the molecule is Cc1cc(O)c(C(=O)O)cc1-n1c(C)ccc1C. The summed E-state index contributed by atoms with van der Waals surface area (Å²) in [4.78, 5) is 11.1. The second-order valence-corrected chi connectivity index (χ2v) is 4.41. The summed E-state index contributed by atoms with van der Waals surface area (Å²) in [7, 11) is 0. The van der Waals surface area contributed by atoms with Gasteiger partial charge >= 0.3 is 5.97 Å². The van der Waals surface area contributed by atoms with Crippen LogP contribution in [0.2, 0.25) is 0 Å². The van der Waals surface area contributed by atoms with E-state index in [1.807, 2.05) is 37.5 Å². The number of aromatic nitrogens is 1. The van der Waals surface area contributed by atoms with E-state index >= 15 is 0 Å². The largest absolute Gasteiger partial charge is 0.507 e. The molecule has 4 heteroatoms. The topological polar surface area (TPSA) is 62.5 Å². The lowest BCUT2D eigenvalue weighted by molar-refractivity contribution is 0.0693. The van der Waals surface area contributed by atoms with Gasteiger partial charge in [-0.1, -0.05) is 0 Å². The van der Waals surface area contributed by atoms with Gasteiger partial charge in [0.25, 0.3) is 0 Å². The van der Waals surface area contributed by atoms with Crippen LogP contribution in [0.15, 0.2) is 24.3 Å². The van der Waals surface area contributed by atoms with Gasteiger partial charge < -0.3 is 14.8 Å². The van der Waals surface area contributed by atoms with Gasteiger partial charge in [-0.3, -0.25) is 0 Å². The Kier molecular flexibility index (Phi) is 2.87. The highest BCUT2D eigenvalue weighted by Gasteiger charge is 2.15. The summed E-state index contributed by atoms with van der Waals surface area (Å²) < 4.78 is 1.97. The standard InChI is InChI=1S/C14H15NO3/c1-8-6-13(16)11(14(17)18)7-12(8)15-9(2)4-5-10(15)3/h4-7,16H,1-3H3,(H,17,18). The van der Waals surface area contributed by atoms with Gasteiger partial charge in [0.1, 0.15) is 11.3 Å². The number of benzene rings is 1. The van der Waals surface area contributed by atoms with Crippen molar-refractivity contribution >= 4 is 5.97 Å². The smallest absolute Gasteiger partial charge is 0.339 e. The third kappa shape index (κ3) is 1.86. The third-order valence-corrected chi connectivity index (χ3v) is 3.06. The summed E-state index contributed by atoms with van der Waals surface area (Å²) in [5.74, 6) is -1.33. The molecule has 0 atom stereocenters. The van der Waals surface area contributed by atoms with Crippen LogP contribution in [0.5, 0.6) is 5.75 Å². The summed E-state index contributed by atoms with van der Waals surface area (Å²) in [6, 6.07) is 6.94. The molecule has 0 spiro atoms. The molecule has 0 fully saturated rings. The normalized spacial score (nSPS) is 10.6. The van der Waals surface area contributed by atoms with Crippen molar-refractivity contribution in [1.82, 2.24) is 4.57 Å². The zero-order chi connectivity index (χ0) is 13.4. The van der Waals surface area contributed by atoms with Gasteiger partial charge in [-0.2, -0.15) is 0 Å². The van der Waals surface area contributed by atoms with Crippen LogP contribution in [0.1, 0.15) is 27.3 Å². The molecule has 2 rings (SSSR count). The molecule has 1 heterocycles. The first-order valence-electron chi connectivity index (χ1n) is 5.64. The lowest BCUT2D eigenvalue weighted by Gasteiger charge is -2.14. The van der Waals surface area contributed by atoms with Gasteiger partial charge in [0.2, 0.25) is 0 Å². The quantitative estimate of drug-likeness (QED) is 0.855. The number of nitrogens with zero attached hydrogens (tertiary/aromatic N) is 1. The van der Waals surface area contributed by atoms with Gasteiger partial charge in [-0.15, -0.1) is 0 Å². The van der Waals surface area contributed by atoms with E-state index < -0.39 is 5.97 Å². The lowest BCUT2D eigenvalue weighted by atomic mass is 10.1. The molecule has 0 unspecified atom stereocenters. The van der Waals surface area contributed by atoms with Gasteiger partial charge in [0, 0.05) is 17.1 Å². The van der Waals surface area contributed by atoms with Gasteiger partial charge in [-0.05, 0) is 50.6 Å². The Morgan fingerprint density at radius 2 is 1.67 bits per heavy atom. The van der Waals surface area contributed by atoms with Gasteiger partial charge in [0.15, 0.2) is 0 Å².